The van der Waals surface area contributed by atoms with E-state index in [-0.39, 0.29) is 19.0 Å². The zero-order chi connectivity index (χ0) is 14.5. The number of aliphatic carboxylic acids is 1. The third-order valence-electron chi connectivity index (χ3n) is 2.87. The second-order valence-corrected chi connectivity index (χ2v) is 5.27. The van der Waals surface area contributed by atoms with E-state index in [1.165, 1.54) is 23.5 Å². The van der Waals surface area contributed by atoms with Crippen molar-refractivity contribution in [3.8, 4) is 5.75 Å². The number of benzene rings is 1. The molecule has 1 heterocycles. The van der Waals surface area contributed by atoms with E-state index in [9.17, 15) is 14.3 Å². The van der Waals surface area contributed by atoms with Gasteiger partial charge in [-0.25, -0.2) is 4.39 Å². The number of carbonyl (C=O) groups is 1. The molecule has 1 unspecified atom stereocenters. The molecule has 1 atom stereocenters. The van der Waals surface area contributed by atoms with Crippen LogP contribution < -0.4 is 5.32 Å². The first-order chi connectivity index (χ1) is 9.58. The van der Waals surface area contributed by atoms with Crippen LogP contribution in [-0.2, 0) is 11.3 Å². The van der Waals surface area contributed by atoms with Gasteiger partial charge in [-0.2, -0.15) is 0 Å². The Morgan fingerprint density at radius 3 is 2.80 bits per heavy atom. The number of carboxylic acids is 1. The Balaban J connectivity index is 2.09. The van der Waals surface area contributed by atoms with Crippen LogP contribution in [0.1, 0.15) is 22.9 Å². The number of para-hydroxylation sites is 1. The lowest BCUT2D eigenvalue weighted by Crippen LogP contribution is -2.23. The highest BCUT2D eigenvalue weighted by molar-refractivity contribution is 7.10. The average Bonchev–Trinajstić information content (AvgIpc) is 2.92. The summed E-state index contributed by atoms with van der Waals surface area (Å²) in [6.07, 6.45) is -0.0728. The second kappa shape index (κ2) is 6.49. The maximum atomic E-state index is 13.2. The summed E-state index contributed by atoms with van der Waals surface area (Å²) in [4.78, 5) is 11.8. The zero-order valence-corrected chi connectivity index (χ0v) is 11.4. The average molecular weight is 295 g/mol. The Morgan fingerprint density at radius 2 is 2.15 bits per heavy atom. The summed E-state index contributed by atoms with van der Waals surface area (Å²) >= 11 is 1.45. The highest BCUT2D eigenvalue weighted by atomic mass is 32.1. The molecule has 2 aromatic rings. The number of hydrogen-bond donors (Lipinski definition) is 3. The molecule has 1 aromatic heterocycles. The summed E-state index contributed by atoms with van der Waals surface area (Å²) in [6.45, 7) is 0.194. The molecule has 0 spiro atoms. The molecular formula is C14H14FNO3S. The first kappa shape index (κ1) is 14.5. The van der Waals surface area contributed by atoms with Crippen molar-refractivity contribution in [1.82, 2.24) is 5.32 Å². The highest BCUT2D eigenvalue weighted by Gasteiger charge is 2.17. The van der Waals surface area contributed by atoms with Gasteiger partial charge in [0.15, 0.2) is 11.6 Å². The zero-order valence-electron chi connectivity index (χ0n) is 10.5. The fourth-order valence-corrected chi connectivity index (χ4v) is 2.68. The molecule has 20 heavy (non-hydrogen) atoms. The van der Waals surface area contributed by atoms with Gasteiger partial charge in [-0.15, -0.1) is 11.3 Å². The van der Waals surface area contributed by atoms with Crippen molar-refractivity contribution in [2.24, 2.45) is 0 Å². The lowest BCUT2D eigenvalue weighted by molar-refractivity contribution is -0.137. The second-order valence-electron chi connectivity index (χ2n) is 4.29. The molecule has 4 nitrogen and oxygen atoms in total. The monoisotopic (exact) mass is 295 g/mol. The molecule has 0 saturated heterocycles. The molecule has 2 rings (SSSR count). The minimum atomic E-state index is -0.917. The molecule has 0 fully saturated rings. The van der Waals surface area contributed by atoms with Crippen LogP contribution in [0.25, 0.3) is 0 Å². The Labute approximate surface area is 119 Å². The van der Waals surface area contributed by atoms with E-state index in [1.807, 2.05) is 17.5 Å². The standard InChI is InChI=1S/C14H14FNO3S/c15-10-4-1-3-9(14(10)19)8-16-11(7-13(17)18)12-5-2-6-20-12/h1-6,11,16,19H,7-8H2,(H,17,18). The summed E-state index contributed by atoms with van der Waals surface area (Å²) < 4.78 is 13.2. The van der Waals surface area contributed by atoms with Crippen molar-refractivity contribution >= 4 is 17.3 Å². The molecule has 0 aliphatic heterocycles. The van der Waals surface area contributed by atoms with Gasteiger partial charge in [0.05, 0.1) is 12.5 Å². The normalized spacial score (nSPS) is 12.2. The Hall–Kier alpha value is -1.92. The molecule has 0 aliphatic rings. The summed E-state index contributed by atoms with van der Waals surface area (Å²) in [5.74, 6) is -2.00. The third kappa shape index (κ3) is 3.55. The fourth-order valence-electron chi connectivity index (χ4n) is 1.87. The molecular weight excluding hydrogens is 281 g/mol. The minimum absolute atomic E-state index is 0.0728. The van der Waals surface area contributed by atoms with Crippen LogP contribution in [-0.4, -0.2) is 16.2 Å². The minimum Gasteiger partial charge on any atom is -0.505 e. The van der Waals surface area contributed by atoms with Crippen LogP contribution in [0, 0.1) is 5.82 Å². The number of halogens is 1. The molecule has 3 N–H and O–H groups in total. The van der Waals surface area contributed by atoms with Crippen LogP contribution >= 0.6 is 11.3 Å². The number of hydrogen-bond acceptors (Lipinski definition) is 4. The fraction of sp³-hybridized carbons (Fsp3) is 0.214. The van der Waals surface area contributed by atoms with Crippen LogP contribution in [0.4, 0.5) is 4.39 Å². The summed E-state index contributed by atoms with van der Waals surface area (Å²) in [6, 6.07) is 7.59. The molecule has 6 heteroatoms. The molecule has 1 aromatic carbocycles. The third-order valence-corrected chi connectivity index (χ3v) is 3.86. The summed E-state index contributed by atoms with van der Waals surface area (Å²) in [5.41, 5.74) is 0.400. The number of rotatable bonds is 6. The molecule has 0 aliphatic carbocycles. The van der Waals surface area contributed by atoms with Gasteiger partial charge in [0.2, 0.25) is 0 Å². The number of nitrogens with one attached hydrogen (secondary N) is 1. The first-order valence-corrected chi connectivity index (χ1v) is 6.91. The number of thiophene rings is 1. The number of phenols is 1. The van der Waals surface area contributed by atoms with Crippen molar-refractivity contribution in [2.75, 3.05) is 0 Å². The van der Waals surface area contributed by atoms with Gasteiger partial charge in [0.25, 0.3) is 0 Å². The van der Waals surface area contributed by atoms with Gasteiger partial charge in [0.1, 0.15) is 0 Å². The van der Waals surface area contributed by atoms with Crippen LogP contribution in [0.5, 0.6) is 5.75 Å². The molecule has 106 valence electrons. The van der Waals surface area contributed by atoms with Gasteiger partial charge in [-0.1, -0.05) is 18.2 Å². The first-order valence-electron chi connectivity index (χ1n) is 6.03. The molecule has 0 saturated carbocycles. The van der Waals surface area contributed by atoms with E-state index in [2.05, 4.69) is 5.32 Å². The molecule has 0 amide bonds. The van der Waals surface area contributed by atoms with Gasteiger partial charge in [0, 0.05) is 17.0 Å². The van der Waals surface area contributed by atoms with E-state index in [0.717, 1.165) is 4.88 Å². The van der Waals surface area contributed by atoms with Crippen LogP contribution in [0.2, 0.25) is 0 Å². The maximum absolute atomic E-state index is 13.2. The van der Waals surface area contributed by atoms with E-state index < -0.39 is 17.5 Å². The van der Waals surface area contributed by atoms with Crippen LogP contribution in [0.3, 0.4) is 0 Å². The highest BCUT2D eigenvalue weighted by Crippen LogP contribution is 2.25. The van der Waals surface area contributed by atoms with Crippen molar-refractivity contribution in [3.05, 3.63) is 52.0 Å². The van der Waals surface area contributed by atoms with E-state index >= 15 is 0 Å². The predicted molar refractivity (Wildman–Crippen MR) is 74.2 cm³/mol. The quantitative estimate of drug-likeness (QED) is 0.766. The SMILES string of the molecule is O=C(O)CC(NCc1cccc(F)c1O)c1cccs1. The largest absolute Gasteiger partial charge is 0.505 e. The Bertz CT molecular complexity index is 586. The Morgan fingerprint density at radius 1 is 1.35 bits per heavy atom. The Kier molecular flexibility index (Phi) is 4.70. The number of carboxylic acid groups (broad SMARTS) is 1. The topological polar surface area (TPSA) is 69.6 Å². The lowest BCUT2D eigenvalue weighted by atomic mass is 10.1. The smallest absolute Gasteiger partial charge is 0.305 e. The predicted octanol–water partition coefficient (Wildman–Crippen LogP) is 2.90. The number of aromatic hydroxyl groups is 1. The van der Waals surface area contributed by atoms with Crippen molar-refractivity contribution in [2.45, 2.75) is 19.0 Å². The van der Waals surface area contributed by atoms with Gasteiger partial charge >= 0.3 is 5.97 Å². The summed E-state index contributed by atoms with van der Waals surface area (Å²) in [5, 5.41) is 23.4. The number of phenolic OH excluding ortho intramolecular Hbond substituents is 1. The summed E-state index contributed by atoms with van der Waals surface area (Å²) in [7, 11) is 0. The van der Waals surface area contributed by atoms with Gasteiger partial charge in [-0.05, 0) is 17.5 Å². The van der Waals surface area contributed by atoms with Crippen LogP contribution in [0.15, 0.2) is 35.7 Å². The van der Waals surface area contributed by atoms with Crippen molar-refractivity contribution in [1.29, 1.82) is 0 Å². The van der Waals surface area contributed by atoms with E-state index in [0.29, 0.717) is 5.56 Å². The van der Waals surface area contributed by atoms with Gasteiger partial charge in [-0.3, -0.25) is 4.79 Å². The van der Waals surface area contributed by atoms with E-state index in [1.54, 1.807) is 6.07 Å². The maximum Gasteiger partial charge on any atom is 0.305 e. The molecule has 0 radical (unpaired) electrons. The van der Waals surface area contributed by atoms with Crippen molar-refractivity contribution < 1.29 is 19.4 Å². The molecule has 0 bridgehead atoms. The lowest BCUT2D eigenvalue weighted by Gasteiger charge is -2.16. The van der Waals surface area contributed by atoms with Gasteiger partial charge < -0.3 is 15.5 Å². The van der Waals surface area contributed by atoms with Crippen molar-refractivity contribution in [3.63, 3.8) is 0 Å². The van der Waals surface area contributed by atoms with E-state index in [4.69, 9.17) is 5.11 Å².